The van der Waals surface area contributed by atoms with Crippen LogP contribution < -0.4 is 5.32 Å². The lowest BCUT2D eigenvalue weighted by Crippen LogP contribution is -2.27. The number of nitrogens with zero attached hydrogens (tertiary/aromatic N) is 3. The molecular weight excluding hydrogens is 332 g/mol. The second-order valence-corrected chi connectivity index (χ2v) is 7.40. The first-order chi connectivity index (χ1) is 12.6. The van der Waals surface area contributed by atoms with Crippen molar-refractivity contribution in [2.24, 2.45) is 17.8 Å². The first kappa shape index (κ1) is 16.8. The lowest BCUT2D eigenvalue weighted by Gasteiger charge is -2.21. The van der Waals surface area contributed by atoms with Gasteiger partial charge in [0.2, 0.25) is 0 Å². The van der Waals surface area contributed by atoms with Crippen LogP contribution in [0.1, 0.15) is 42.6 Å². The van der Waals surface area contributed by atoms with E-state index in [2.05, 4.69) is 10.4 Å². The highest BCUT2D eigenvalue weighted by molar-refractivity contribution is 5.92. The summed E-state index contributed by atoms with van der Waals surface area (Å²) in [4.78, 5) is 22.7. The summed E-state index contributed by atoms with van der Waals surface area (Å²) in [6.07, 6.45) is 8.14. The van der Waals surface area contributed by atoms with Crippen LogP contribution in [-0.4, -0.2) is 27.2 Å². The minimum atomic E-state index is -0.448. The monoisotopic (exact) mass is 354 g/mol. The van der Waals surface area contributed by atoms with Crippen molar-refractivity contribution >= 4 is 11.6 Å². The van der Waals surface area contributed by atoms with E-state index in [9.17, 15) is 14.9 Å². The summed E-state index contributed by atoms with van der Waals surface area (Å²) in [6.45, 7) is 0.677. The molecule has 7 nitrogen and oxygen atoms in total. The molecule has 2 bridgehead atoms. The van der Waals surface area contributed by atoms with Gasteiger partial charge in [-0.3, -0.25) is 14.9 Å². The maximum Gasteiger partial charge on any atom is 0.271 e. The second-order valence-electron chi connectivity index (χ2n) is 7.40. The van der Waals surface area contributed by atoms with Crippen LogP contribution in [0.15, 0.2) is 36.5 Å². The van der Waals surface area contributed by atoms with Gasteiger partial charge >= 0.3 is 0 Å². The van der Waals surface area contributed by atoms with Crippen molar-refractivity contribution in [3.63, 3.8) is 0 Å². The van der Waals surface area contributed by atoms with Crippen LogP contribution in [0.4, 0.5) is 5.69 Å². The predicted molar refractivity (Wildman–Crippen MR) is 96.1 cm³/mol. The Balaban J connectivity index is 1.34. The van der Waals surface area contributed by atoms with Gasteiger partial charge in [0.1, 0.15) is 0 Å². The van der Waals surface area contributed by atoms with E-state index in [1.807, 2.05) is 0 Å². The molecule has 26 heavy (non-hydrogen) atoms. The van der Waals surface area contributed by atoms with Crippen molar-refractivity contribution in [1.82, 2.24) is 15.1 Å². The summed E-state index contributed by atoms with van der Waals surface area (Å²) >= 11 is 0. The lowest BCUT2D eigenvalue weighted by molar-refractivity contribution is -0.384. The van der Waals surface area contributed by atoms with Gasteiger partial charge in [0.15, 0.2) is 5.69 Å². The van der Waals surface area contributed by atoms with Gasteiger partial charge in [0.25, 0.3) is 11.6 Å². The van der Waals surface area contributed by atoms with Crippen molar-refractivity contribution < 1.29 is 9.72 Å². The van der Waals surface area contributed by atoms with Crippen molar-refractivity contribution in [3.05, 3.63) is 52.3 Å². The van der Waals surface area contributed by atoms with E-state index < -0.39 is 4.92 Å². The molecule has 2 aromatic rings. The fourth-order valence-corrected chi connectivity index (χ4v) is 4.53. The largest absolute Gasteiger partial charge is 0.351 e. The molecule has 2 aliphatic rings. The molecule has 0 spiro atoms. The molecule has 2 fully saturated rings. The van der Waals surface area contributed by atoms with Crippen molar-refractivity contribution in [1.29, 1.82) is 0 Å². The highest BCUT2D eigenvalue weighted by Gasteiger charge is 2.38. The number of nitro benzene ring substituents is 1. The molecule has 7 heteroatoms. The van der Waals surface area contributed by atoms with Crippen LogP contribution in [0, 0.1) is 27.9 Å². The van der Waals surface area contributed by atoms with Crippen LogP contribution in [0.5, 0.6) is 0 Å². The van der Waals surface area contributed by atoms with E-state index in [1.165, 1.54) is 42.5 Å². The standard InChI is InChI=1S/C19H22N4O3/c24-19(20-8-6-15-11-13-4-5-14(15)10-13)18-7-9-22(21-18)16-2-1-3-17(12-16)23(25)26/h1-3,7,9,12-15H,4-6,8,10-11H2,(H,20,24). The number of carbonyl (C=O) groups excluding carboxylic acids is 1. The zero-order valence-corrected chi connectivity index (χ0v) is 14.5. The maximum absolute atomic E-state index is 12.3. The molecule has 1 amide bonds. The Morgan fingerprint density at radius 2 is 2.19 bits per heavy atom. The number of aromatic nitrogens is 2. The molecule has 3 atom stereocenters. The van der Waals surface area contributed by atoms with Gasteiger partial charge in [-0.1, -0.05) is 12.5 Å². The fourth-order valence-electron chi connectivity index (χ4n) is 4.53. The van der Waals surface area contributed by atoms with E-state index in [1.54, 1.807) is 24.4 Å². The van der Waals surface area contributed by atoms with Gasteiger partial charge < -0.3 is 5.32 Å². The van der Waals surface area contributed by atoms with E-state index in [0.717, 1.165) is 24.2 Å². The zero-order chi connectivity index (χ0) is 18.1. The number of rotatable bonds is 6. The van der Waals surface area contributed by atoms with E-state index in [4.69, 9.17) is 0 Å². The number of hydrogen-bond donors (Lipinski definition) is 1. The summed E-state index contributed by atoms with van der Waals surface area (Å²) < 4.78 is 1.48. The molecule has 2 saturated carbocycles. The highest BCUT2D eigenvalue weighted by Crippen LogP contribution is 2.49. The maximum atomic E-state index is 12.3. The Bertz CT molecular complexity index is 832. The van der Waals surface area contributed by atoms with Crippen LogP contribution in [0.2, 0.25) is 0 Å². The van der Waals surface area contributed by atoms with Crippen molar-refractivity contribution in [2.45, 2.75) is 32.1 Å². The third kappa shape index (κ3) is 3.34. The van der Waals surface area contributed by atoms with Gasteiger partial charge in [0.05, 0.1) is 10.6 Å². The van der Waals surface area contributed by atoms with Crippen LogP contribution in [0.3, 0.4) is 0 Å². The Labute approximate surface area is 151 Å². The quantitative estimate of drug-likeness (QED) is 0.636. The van der Waals surface area contributed by atoms with E-state index in [-0.39, 0.29) is 11.6 Å². The van der Waals surface area contributed by atoms with Crippen LogP contribution in [-0.2, 0) is 0 Å². The summed E-state index contributed by atoms with van der Waals surface area (Å²) in [5.74, 6) is 2.35. The fraction of sp³-hybridized carbons (Fsp3) is 0.474. The zero-order valence-electron chi connectivity index (χ0n) is 14.5. The number of nitrogens with one attached hydrogen (secondary N) is 1. The number of carbonyl (C=O) groups is 1. The van der Waals surface area contributed by atoms with Gasteiger partial charge in [-0.2, -0.15) is 5.10 Å². The molecule has 1 heterocycles. The van der Waals surface area contributed by atoms with Crippen LogP contribution >= 0.6 is 0 Å². The topological polar surface area (TPSA) is 90.1 Å². The first-order valence-corrected chi connectivity index (χ1v) is 9.19. The average Bonchev–Trinajstić information content (AvgIpc) is 3.38. The Kier molecular flexibility index (Phi) is 4.44. The van der Waals surface area contributed by atoms with Crippen LogP contribution in [0.25, 0.3) is 5.69 Å². The smallest absolute Gasteiger partial charge is 0.271 e. The summed E-state index contributed by atoms with van der Waals surface area (Å²) in [6, 6.07) is 7.81. The number of benzene rings is 1. The SMILES string of the molecule is O=C(NCCC1CC2CCC1C2)c1ccn(-c2cccc([N+](=O)[O-])c2)n1. The predicted octanol–water partition coefficient (Wildman–Crippen LogP) is 3.34. The third-order valence-electron chi connectivity index (χ3n) is 5.81. The second kappa shape index (κ2) is 6.90. The number of hydrogen-bond acceptors (Lipinski definition) is 4. The van der Waals surface area contributed by atoms with Gasteiger partial charge in [0, 0.05) is 24.9 Å². The third-order valence-corrected chi connectivity index (χ3v) is 5.81. The van der Waals surface area contributed by atoms with Crippen molar-refractivity contribution in [2.75, 3.05) is 6.54 Å². The number of nitro groups is 1. The Hall–Kier alpha value is -2.70. The average molecular weight is 354 g/mol. The van der Waals surface area contributed by atoms with E-state index >= 15 is 0 Å². The minimum absolute atomic E-state index is 0.00476. The molecule has 0 saturated heterocycles. The molecule has 1 aromatic carbocycles. The first-order valence-electron chi connectivity index (χ1n) is 9.19. The highest BCUT2D eigenvalue weighted by atomic mass is 16.6. The summed E-state index contributed by atoms with van der Waals surface area (Å²) in [5.41, 5.74) is 0.875. The Morgan fingerprint density at radius 3 is 2.92 bits per heavy atom. The van der Waals surface area contributed by atoms with Crippen molar-refractivity contribution in [3.8, 4) is 5.69 Å². The van der Waals surface area contributed by atoms with Gasteiger partial charge in [-0.25, -0.2) is 4.68 Å². The summed E-state index contributed by atoms with van der Waals surface area (Å²) in [7, 11) is 0. The molecule has 4 rings (SSSR count). The molecule has 136 valence electrons. The minimum Gasteiger partial charge on any atom is -0.351 e. The van der Waals surface area contributed by atoms with Gasteiger partial charge in [-0.05, 0) is 55.6 Å². The molecule has 0 radical (unpaired) electrons. The van der Waals surface area contributed by atoms with Gasteiger partial charge in [-0.15, -0.1) is 0 Å². The molecule has 0 aliphatic heterocycles. The summed E-state index contributed by atoms with van der Waals surface area (Å²) in [5, 5.41) is 18.1. The number of non-ortho nitro benzene ring substituents is 1. The molecule has 1 aromatic heterocycles. The molecule has 2 aliphatic carbocycles. The molecular formula is C19H22N4O3. The molecule has 3 unspecified atom stereocenters. The Morgan fingerprint density at radius 1 is 1.31 bits per heavy atom. The molecule has 1 N–H and O–H groups in total. The number of amides is 1. The normalized spacial score (nSPS) is 23.9. The van der Waals surface area contributed by atoms with E-state index in [0.29, 0.717) is 17.9 Å². The lowest BCUT2D eigenvalue weighted by atomic mass is 9.86. The number of fused-ring (bicyclic) bond motifs is 2.